The largest absolute Gasteiger partial charge is 0.393 e. The molecule has 0 amide bonds. The molecule has 3 aromatic rings. The van der Waals surface area contributed by atoms with E-state index in [0.717, 1.165) is 75.5 Å². The third-order valence-electron chi connectivity index (χ3n) is 7.11. The van der Waals surface area contributed by atoms with E-state index < -0.39 is 0 Å². The van der Waals surface area contributed by atoms with E-state index in [0.29, 0.717) is 12.5 Å². The Morgan fingerprint density at radius 1 is 0.944 bits per heavy atom. The number of hydrogen-bond donors (Lipinski definition) is 4. The highest BCUT2D eigenvalue weighted by Crippen LogP contribution is 2.29. The molecule has 3 heterocycles. The van der Waals surface area contributed by atoms with Gasteiger partial charge < -0.3 is 21.1 Å². The topological polar surface area (TPSA) is 98.2 Å². The van der Waals surface area contributed by atoms with E-state index in [1.165, 1.54) is 16.7 Å². The standard InChI is InChI=1S/C28H37N7O/c1-20-2-4-21(5-3-20)16-31-28-32-18-25(27(34-28)33-23-7-9-24(36)10-8-23)26-11-6-22(17-30-26)19-35-14-12-29-13-15-35/h2-6,11,17-18,23-24,29,36H,7-10,12-16,19H2,1H3,(H2,31,32,33,34)/t23-,24-. The van der Waals surface area contributed by atoms with Gasteiger partial charge in [-0.15, -0.1) is 0 Å². The summed E-state index contributed by atoms with van der Waals surface area (Å²) in [4.78, 5) is 16.7. The fourth-order valence-electron chi connectivity index (χ4n) is 4.87. The van der Waals surface area contributed by atoms with Gasteiger partial charge in [0.2, 0.25) is 5.95 Å². The molecule has 1 saturated heterocycles. The summed E-state index contributed by atoms with van der Waals surface area (Å²) in [6.45, 7) is 7.89. The average Bonchev–Trinajstić information content (AvgIpc) is 2.91. The first-order valence-corrected chi connectivity index (χ1v) is 13.1. The average molecular weight is 488 g/mol. The highest BCUT2D eigenvalue weighted by molar-refractivity contribution is 5.73. The van der Waals surface area contributed by atoms with Crippen molar-refractivity contribution in [3.05, 3.63) is 65.5 Å². The lowest BCUT2D eigenvalue weighted by Crippen LogP contribution is -2.42. The molecule has 2 fully saturated rings. The number of pyridine rings is 1. The lowest BCUT2D eigenvalue weighted by atomic mass is 9.93. The first kappa shape index (κ1) is 24.6. The van der Waals surface area contributed by atoms with Gasteiger partial charge in [-0.3, -0.25) is 9.88 Å². The van der Waals surface area contributed by atoms with Crippen LogP contribution in [0, 0.1) is 6.92 Å². The molecule has 36 heavy (non-hydrogen) atoms. The summed E-state index contributed by atoms with van der Waals surface area (Å²) in [6.07, 6.45) is 7.13. The van der Waals surface area contributed by atoms with E-state index in [1.54, 1.807) is 0 Å². The molecular formula is C28H37N7O. The van der Waals surface area contributed by atoms with Gasteiger partial charge in [-0.05, 0) is 49.8 Å². The van der Waals surface area contributed by atoms with Gasteiger partial charge in [-0.25, -0.2) is 4.98 Å². The van der Waals surface area contributed by atoms with E-state index >= 15 is 0 Å². The van der Waals surface area contributed by atoms with Crippen molar-refractivity contribution in [2.45, 2.75) is 57.8 Å². The van der Waals surface area contributed by atoms with Gasteiger partial charge in [0.1, 0.15) is 5.82 Å². The molecule has 0 bridgehead atoms. The van der Waals surface area contributed by atoms with Gasteiger partial charge >= 0.3 is 0 Å². The third-order valence-corrected chi connectivity index (χ3v) is 7.11. The van der Waals surface area contributed by atoms with E-state index in [2.05, 4.69) is 69.2 Å². The summed E-state index contributed by atoms with van der Waals surface area (Å²) in [5.41, 5.74) is 5.41. The van der Waals surface area contributed by atoms with Crippen LogP contribution >= 0.6 is 0 Å². The number of hydrogen-bond acceptors (Lipinski definition) is 8. The lowest BCUT2D eigenvalue weighted by molar-refractivity contribution is 0.126. The maximum atomic E-state index is 9.93. The number of aliphatic hydroxyl groups is 1. The van der Waals surface area contributed by atoms with Gasteiger partial charge in [0.15, 0.2) is 0 Å². The molecule has 2 aromatic heterocycles. The second kappa shape index (κ2) is 11.8. The minimum absolute atomic E-state index is 0.190. The Hall–Kier alpha value is -3.07. The van der Waals surface area contributed by atoms with Crippen LogP contribution in [0.15, 0.2) is 48.8 Å². The monoisotopic (exact) mass is 487 g/mol. The van der Waals surface area contributed by atoms with Crippen molar-refractivity contribution in [1.82, 2.24) is 25.2 Å². The van der Waals surface area contributed by atoms with E-state index in [4.69, 9.17) is 9.97 Å². The molecule has 8 heteroatoms. The minimum Gasteiger partial charge on any atom is -0.393 e. The maximum absolute atomic E-state index is 9.93. The number of benzene rings is 1. The summed E-state index contributed by atoms with van der Waals surface area (Å²) in [5.74, 6) is 1.38. The van der Waals surface area contributed by atoms with Crippen LogP contribution in [0.5, 0.6) is 0 Å². The zero-order valence-corrected chi connectivity index (χ0v) is 21.1. The lowest BCUT2D eigenvalue weighted by Gasteiger charge is -2.27. The Morgan fingerprint density at radius 3 is 2.42 bits per heavy atom. The molecule has 0 spiro atoms. The van der Waals surface area contributed by atoms with Crippen molar-refractivity contribution in [3.8, 4) is 11.3 Å². The normalized spacial score (nSPS) is 20.7. The summed E-state index contributed by atoms with van der Waals surface area (Å²) < 4.78 is 0. The number of anilines is 2. The predicted molar refractivity (Wildman–Crippen MR) is 144 cm³/mol. The summed E-state index contributed by atoms with van der Waals surface area (Å²) >= 11 is 0. The van der Waals surface area contributed by atoms with Gasteiger partial charge in [0, 0.05) is 57.7 Å². The Bertz CT molecular complexity index is 1110. The van der Waals surface area contributed by atoms with Crippen LogP contribution in [0.2, 0.25) is 0 Å². The highest BCUT2D eigenvalue weighted by Gasteiger charge is 2.21. The van der Waals surface area contributed by atoms with Crippen LogP contribution < -0.4 is 16.0 Å². The van der Waals surface area contributed by atoms with Gasteiger partial charge in [0.05, 0.1) is 17.4 Å². The predicted octanol–water partition coefficient (Wildman–Crippen LogP) is 3.58. The van der Waals surface area contributed by atoms with Crippen LogP contribution in [-0.4, -0.2) is 63.3 Å². The fourth-order valence-corrected chi connectivity index (χ4v) is 4.87. The molecule has 2 aliphatic rings. The number of aryl methyl sites for hydroxylation is 1. The highest BCUT2D eigenvalue weighted by atomic mass is 16.3. The number of nitrogens with one attached hydrogen (secondary N) is 3. The maximum Gasteiger partial charge on any atom is 0.224 e. The molecule has 1 aliphatic heterocycles. The van der Waals surface area contributed by atoms with Gasteiger partial charge in [0.25, 0.3) is 0 Å². The Morgan fingerprint density at radius 2 is 1.69 bits per heavy atom. The first-order chi connectivity index (χ1) is 17.6. The molecule has 1 aliphatic carbocycles. The molecule has 0 radical (unpaired) electrons. The van der Waals surface area contributed by atoms with E-state index in [1.807, 2.05) is 12.4 Å². The Kier molecular flexibility index (Phi) is 8.05. The minimum atomic E-state index is -0.190. The first-order valence-electron chi connectivity index (χ1n) is 13.1. The molecule has 190 valence electrons. The van der Waals surface area contributed by atoms with E-state index in [9.17, 15) is 5.11 Å². The van der Waals surface area contributed by atoms with Crippen LogP contribution in [0.1, 0.15) is 42.4 Å². The number of aromatic nitrogens is 3. The molecule has 8 nitrogen and oxygen atoms in total. The summed E-state index contributed by atoms with van der Waals surface area (Å²) in [6, 6.07) is 13.0. The zero-order valence-electron chi connectivity index (χ0n) is 21.1. The summed E-state index contributed by atoms with van der Waals surface area (Å²) in [7, 11) is 0. The van der Waals surface area contributed by atoms with Crippen LogP contribution in [0.25, 0.3) is 11.3 Å². The molecule has 1 aromatic carbocycles. The van der Waals surface area contributed by atoms with Crippen LogP contribution in [0.3, 0.4) is 0 Å². The number of rotatable bonds is 8. The van der Waals surface area contributed by atoms with Crippen molar-refractivity contribution in [2.75, 3.05) is 36.8 Å². The number of nitrogens with zero attached hydrogens (tertiary/aromatic N) is 4. The van der Waals surface area contributed by atoms with Crippen molar-refractivity contribution < 1.29 is 5.11 Å². The third kappa shape index (κ3) is 6.57. The fraction of sp³-hybridized carbons (Fsp3) is 0.464. The van der Waals surface area contributed by atoms with Gasteiger partial charge in [-0.1, -0.05) is 35.9 Å². The molecule has 5 rings (SSSR count). The molecule has 0 atom stereocenters. The second-order valence-electron chi connectivity index (χ2n) is 10.0. The quantitative estimate of drug-likeness (QED) is 0.383. The van der Waals surface area contributed by atoms with Gasteiger partial charge in [-0.2, -0.15) is 4.98 Å². The number of piperazine rings is 1. The second-order valence-corrected chi connectivity index (χ2v) is 10.0. The Balaban J connectivity index is 1.33. The van der Waals surface area contributed by atoms with Crippen molar-refractivity contribution in [2.24, 2.45) is 0 Å². The molecule has 4 N–H and O–H groups in total. The molecule has 0 unspecified atom stereocenters. The van der Waals surface area contributed by atoms with E-state index in [-0.39, 0.29) is 12.1 Å². The van der Waals surface area contributed by atoms with Crippen molar-refractivity contribution >= 4 is 11.8 Å². The van der Waals surface area contributed by atoms with Crippen molar-refractivity contribution in [1.29, 1.82) is 0 Å². The molecule has 1 saturated carbocycles. The Labute approximate surface area is 213 Å². The molecular weight excluding hydrogens is 450 g/mol. The van der Waals surface area contributed by atoms with Crippen LogP contribution in [-0.2, 0) is 13.1 Å². The SMILES string of the molecule is Cc1ccc(CNc2ncc(-c3ccc(CN4CCNCC4)cn3)c(N[C@H]3CC[C@H](O)CC3)n2)cc1. The summed E-state index contributed by atoms with van der Waals surface area (Å²) in [5, 5.41) is 20.3. The van der Waals surface area contributed by atoms with Crippen molar-refractivity contribution in [3.63, 3.8) is 0 Å². The zero-order chi connectivity index (χ0) is 24.7. The number of aliphatic hydroxyl groups excluding tert-OH is 1. The van der Waals surface area contributed by atoms with Crippen LogP contribution in [0.4, 0.5) is 11.8 Å². The smallest absolute Gasteiger partial charge is 0.224 e.